The Bertz CT molecular complexity index is 704. The summed E-state index contributed by atoms with van der Waals surface area (Å²) in [6.45, 7) is 7.73. The summed E-state index contributed by atoms with van der Waals surface area (Å²) >= 11 is 5.98. The van der Waals surface area contributed by atoms with E-state index in [-0.39, 0.29) is 82.4 Å². The number of alkyl halides is 3. The van der Waals surface area contributed by atoms with Gasteiger partial charge in [-0.2, -0.15) is 13.2 Å². The first-order chi connectivity index (χ1) is 14.2. The maximum Gasteiger partial charge on any atom is 1.00 e. The number of ether oxygens (including phenoxy) is 2. The van der Waals surface area contributed by atoms with Crippen LogP contribution in [0.25, 0.3) is 0 Å². The SMILES string of the molecule is O=CC(F)(F)F.[CH2-]N(CCCCN(C)Cc1cc(Cl)nc(OC)c1)C(=O)OC(C)(C)C.[CH3-].[Cs+]. The van der Waals surface area contributed by atoms with E-state index in [2.05, 4.69) is 16.9 Å². The summed E-state index contributed by atoms with van der Waals surface area (Å²) in [4.78, 5) is 28.1. The molecular weight excluding hydrogens is 584 g/mol. The van der Waals surface area contributed by atoms with E-state index in [1.807, 2.05) is 40.0 Å². The van der Waals surface area contributed by atoms with Crippen LogP contribution in [0.3, 0.4) is 0 Å². The molecule has 1 aromatic heterocycles. The number of hydrogen-bond acceptors (Lipinski definition) is 6. The summed E-state index contributed by atoms with van der Waals surface area (Å²) in [5.41, 5.74) is 0.548. The molecule has 0 aliphatic carbocycles. The van der Waals surface area contributed by atoms with Crippen LogP contribution in [-0.2, 0) is 16.1 Å². The summed E-state index contributed by atoms with van der Waals surface area (Å²) in [6, 6.07) is 3.71. The molecule has 0 aliphatic heterocycles. The van der Waals surface area contributed by atoms with Gasteiger partial charge < -0.3 is 26.7 Å². The van der Waals surface area contributed by atoms with Gasteiger partial charge in [0.25, 0.3) is 0 Å². The van der Waals surface area contributed by atoms with Gasteiger partial charge in [-0.15, -0.1) is 0 Å². The molecule has 12 heteroatoms. The van der Waals surface area contributed by atoms with Crippen molar-refractivity contribution in [3.05, 3.63) is 37.3 Å². The summed E-state index contributed by atoms with van der Waals surface area (Å²) in [5.74, 6) is 0.515. The second-order valence-electron chi connectivity index (χ2n) is 7.69. The molecule has 1 amide bonds. The summed E-state index contributed by atoms with van der Waals surface area (Å²) in [7, 11) is 7.35. The van der Waals surface area contributed by atoms with E-state index in [0.29, 0.717) is 17.6 Å². The van der Waals surface area contributed by atoms with Gasteiger partial charge in [-0.05, 0) is 65.4 Å². The number of aldehydes is 1. The van der Waals surface area contributed by atoms with Crippen molar-refractivity contribution < 1.29 is 101 Å². The second kappa shape index (κ2) is 18.3. The van der Waals surface area contributed by atoms with E-state index in [1.54, 1.807) is 7.11 Å². The molecule has 1 heterocycles. The standard InChI is InChI=1S/C18H29ClN3O3.C2HF3O.CH3.Cs/c1-18(2,3)25-17(23)22(5)10-8-7-9-21(4)13-14-11-15(19)20-16(12-14)24-6;3-2(4,5)1-6;;/h11-12H,5,7-10,13H2,1-4,6H3;1H;1H3;/q-1;;-1;+1. The maximum atomic E-state index is 11.8. The van der Waals surface area contributed by atoms with Gasteiger partial charge in [-0.25, -0.2) is 16.8 Å². The van der Waals surface area contributed by atoms with Crippen molar-refractivity contribution in [2.75, 3.05) is 27.2 Å². The van der Waals surface area contributed by atoms with Crippen molar-refractivity contribution in [3.63, 3.8) is 0 Å². The van der Waals surface area contributed by atoms with Crippen LogP contribution in [-0.4, -0.2) is 66.2 Å². The third-order valence-electron chi connectivity index (χ3n) is 3.50. The van der Waals surface area contributed by atoms with Gasteiger partial charge in [0.1, 0.15) is 10.8 Å². The van der Waals surface area contributed by atoms with Gasteiger partial charge >= 0.3 is 81.2 Å². The molecular formula is C21H33ClCsF3N3O4-. The number of carbonyl (C=O) groups is 2. The third kappa shape index (κ3) is 21.0. The van der Waals surface area contributed by atoms with Crippen molar-refractivity contribution in [2.24, 2.45) is 0 Å². The fourth-order valence-electron chi connectivity index (χ4n) is 2.21. The second-order valence-corrected chi connectivity index (χ2v) is 8.08. The minimum absolute atomic E-state index is 0. The van der Waals surface area contributed by atoms with E-state index in [1.165, 1.54) is 4.90 Å². The first-order valence-corrected chi connectivity index (χ1v) is 9.77. The third-order valence-corrected chi connectivity index (χ3v) is 3.69. The molecule has 1 aromatic rings. The van der Waals surface area contributed by atoms with Crippen LogP contribution in [0.15, 0.2) is 12.1 Å². The summed E-state index contributed by atoms with van der Waals surface area (Å²) in [6.07, 6.45) is -4.29. The molecule has 1 rings (SSSR count). The Kier molecular flexibility index (Phi) is 20.8. The monoisotopic (exact) mass is 616 g/mol. The zero-order chi connectivity index (χ0) is 24.2. The number of unbranched alkanes of at least 4 members (excludes halogenated alkanes) is 1. The Labute approximate surface area is 259 Å². The zero-order valence-electron chi connectivity index (χ0n) is 20.5. The van der Waals surface area contributed by atoms with Gasteiger partial charge in [0.2, 0.25) is 12.2 Å². The number of amides is 1. The molecule has 33 heavy (non-hydrogen) atoms. The van der Waals surface area contributed by atoms with Crippen molar-refractivity contribution in [1.29, 1.82) is 0 Å². The normalized spacial score (nSPS) is 10.8. The largest absolute Gasteiger partial charge is 1.00 e. The predicted molar refractivity (Wildman–Crippen MR) is 118 cm³/mol. The summed E-state index contributed by atoms with van der Waals surface area (Å²) < 4.78 is 41.7. The predicted octanol–water partition coefficient (Wildman–Crippen LogP) is 2.19. The molecule has 0 aliphatic rings. The smallest absolute Gasteiger partial charge is 0.481 e. The number of carbonyl (C=O) groups excluding carboxylic acids is 2. The first-order valence-electron chi connectivity index (χ1n) is 9.40. The molecule has 0 radical (unpaired) electrons. The molecule has 0 N–H and O–H groups in total. The number of hydrogen-bond donors (Lipinski definition) is 0. The molecule has 186 valence electrons. The molecule has 0 spiro atoms. The molecule has 0 unspecified atom stereocenters. The molecule has 0 saturated heterocycles. The average Bonchev–Trinajstić information content (AvgIpc) is 2.63. The molecule has 0 bridgehead atoms. The number of halogens is 4. The molecule has 0 aromatic carbocycles. The van der Waals surface area contributed by atoms with E-state index in [4.69, 9.17) is 25.9 Å². The van der Waals surface area contributed by atoms with E-state index < -0.39 is 18.1 Å². The van der Waals surface area contributed by atoms with E-state index in [9.17, 15) is 18.0 Å². The van der Waals surface area contributed by atoms with Crippen LogP contribution in [0.1, 0.15) is 39.2 Å². The zero-order valence-corrected chi connectivity index (χ0v) is 27.5. The van der Waals surface area contributed by atoms with Crippen molar-refractivity contribution in [1.82, 2.24) is 14.8 Å². The van der Waals surface area contributed by atoms with Crippen LogP contribution >= 0.6 is 11.6 Å². The van der Waals surface area contributed by atoms with E-state index >= 15 is 0 Å². The first kappa shape index (κ1) is 37.5. The van der Waals surface area contributed by atoms with Gasteiger partial charge in [-0.3, -0.25) is 4.79 Å². The van der Waals surface area contributed by atoms with Crippen molar-refractivity contribution in [3.8, 4) is 5.88 Å². The van der Waals surface area contributed by atoms with E-state index in [0.717, 1.165) is 31.5 Å². The van der Waals surface area contributed by atoms with Crippen molar-refractivity contribution in [2.45, 2.75) is 51.9 Å². The number of pyridine rings is 1. The minimum atomic E-state index is -4.64. The number of methoxy groups -OCH3 is 1. The van der Waals surface area contributed by atoms with Gasteiger partial charge in [-0.1, -0.05) is 11.6 Å². The van der Waals surface area contributed by atoms with Crippen LogP contribution in [0, 0.1) is 14.5 Å². The van der Waals surface area contributed by atoms with Crippen LogP contribution in [0.4, 0.5) is 18.0 Å². The fourth-order valence-corrected chi connectivity index (χ4v) is 2.44. The Morgan fingerprint density at radius 1 is 1.21 bits per heavy atom. The molecule has 0 atom stereocenters. The Morgan fingerprint density at radius 2 is 1.73 bits per heavy atom. The Morgan fingerprint density at radius 3 is 2.18 bits per heavy atom. The van der Waals surface area contributed by atoms with Gasteiger partial charge in [0, 0.05) is 12.6 Å². The number of rotatable bonds is 8. The topological polar surface area (TPSA) is 72.0 Å². The summed E-state index contributed by atoms with van der Waals surface area (Å²) in [5, 5.41) is 0.424. The number of aromatic nitrogens is 1. The Hall–Kier alpha value is -0.0181. The van der Waals surface area contributed by atoms with Gasteiger partial charge in [0.15, 0.2) is 0 Å². The Balaban J connectivity index is -0.000000993. The van der Waals surface area contributed by atoms with Crippen LogP contribution in [0.2, 0.25) is 5.15 Å². The minimum Gasteiger partial charge on any atom is -0.481 e. The fraction of sp³-hybridized carbons (Fsp3) is 0.571. The number of nitrogens with zero attached hydrogens (tertiary/aromatic N) is 3. The van der Waals surface area contributed by atoms with Crippen molar-refractivity contribution >= 4 is 24.0 Å². The van der Waals surface area contributed by atoms with Crippen LogP contribution < -0.4 is 73.6 Å². The molecule has 0 fully saturated rings. The maximum absolute atomic E-state index is 11.8. The van der Waals surface area contributed by atoms with Gasteiger partial charge in [0.05, 0.1) is 7.11 Å². The quantitative estimate of drug-likeness (QED) is 0.193. The molecule has 0 saturated carbocycles. The molecule has 7 nitrogen and oxygen atoms in total. The van der Waals surface area contributed by atoms with Crippen LogP contribution in [0.5, 0.6) is 5.88 Å². The average molecular weight is 617 g/mol.